The maximum absolute atomic E-state index is 13.6. The van der Waals surface area contributed by atoms with Crippen LogP contribution < -0.4 is 0 Å². The summed E-state index contributed by atoms with van der Waals surface area (Å²) in [6, 6.07) is 9.15. The van der Waals surface area contributed by atoms with Gasteiger partial charge in [-0.2, -0.15) is 0 Å². The number of aromatic nitrogens is 4. The zero-order chi connectivity index (χ0) is 17.7. The van der Waals surface area contributed by atoms with Gasteiger partial charge < -0.3 is 9.97 Å². The molecule has 0 spiro atoms. The molecule has 0 aliphatic rings. The van der Waals surface area contributed by atoms with Gasteiger partial charge in [-0.05, 0) is 36.4 Å². The number of rotatable bonds is 2. The van der Waals surface area contributed by atoms with Crippen molar-refractivity contribution in [1.29, 1.82) is 0 Å². The number of H-pyrrole nitrogens is 2. The summed E-state index contributed by atoms with van der Waals surface area (Å²) in [5.41, 5.74) is 4.50. The molecule has 6 heteroatoms. The highest BCUT2D eigenvalue weighted by molar-refractivity contribution is 5.96. The molecule has 0 bridgehead atoms. The maximum Gasteiger partial charge on any atom is 0.123 e. The van der Waals surface area contributed by atoms with Gasteiger partial charge in [0.1, 0.15) is 11.6 Å². The van der Waals surface area contributed by atoms with Crippen LogP contribution in [-0.4, -0.2) is 19.9 Å². The Bertz CT molecular complexity index is 1150. The van der Waals surface area contributed by atoms with Crippen molar-refractivity contribution < 1.29 is 8.78 Å². The van der Waals surface area contributed by atoms with Gasteiger partial charge in [0.25, 0.3) is 0 Å². The van der Waals surface area contributed by atoms with Crippen molar-refractivity contribution in [2.75, 3.05) is 0 Å². The van der Waals surface area contributed by atoms with Gasteiger partial charge in [0.15, 0.2) is 0 Å². The van der Waals surface area contributed by atoms with Crippen molar-refractivity contribution in [3.05, 3.63) is 72.8 Å². The zero-order valence-electron chi connectivity index (χ0n) is 13.4. The lowest BCUT2D eigenvalue weighted by Crippen LogP contribution is -1.88. The maximum atomic E-state index is 13.6. The molecule has 0 unspecified atom stereocenters. The van der Waals surface area contributed by atoms with E-state index in [2.05, 4.69) is 19.9 Å². The average molecular weight is 346 g/mol. The third kappa shape index (κ3) is 2.27. The molecule has 5 rings (SSSR count). The van der Waals surface area contributed by atoms with Gasteiger partial charge in [-0.1, -0.05) is 0 Å². The topological polar surface area (TPSA) is 57.4 Å². The number of aromatic amines is 2. The largest absolute Gasteiger partial charge is 0.360 e. The number of benzene rings is 2. The molecule has 2 aromatic carbocycles. The summed E-state index contributed by atoms with van der Waals surface area (Å²) in [5.74, 6) is -0.604. The Balaban J connectivity index is 1.60. The minimum Gasteiger partial charge on any atom is -0.360 e. The monoisotopic (exact) mass is 346 g/mol. The van der Waals surface area contributed by atoms with Crippen molar-refractivity contribution in [3.8, 4) is 22.5 Å². The second-order valence-electron chi connectivity index (χ2n) is 6.07. The first-order valence-corrected chi connectivity index (χ1v) is 8.05. The quantitative estimate of drug-likeness (QED) is 0.470. The summed E-state index contributed by atoms with van der Waals surface area (Å²) in [7, 11) is 0. The van der Waals surface area contributed by atoms with Crippen LogP contribution >= 0.6 is 0 Å². The van der Waals surface area contributed by atoms with Gasteiger partial charge >= 0.3 is 0 Å². The first-order valence-electron chi connectivity index (χ1n) is 8.05. The summed E-state index contributed by atoms with van der Waals surface area (Å²) in [5, 5.41) is 1.50. The number of fused-ring (bicyclic) bond motifs is 2. The predicted octanol–water partition coefficient (Wildman–Crippen LogP) is 5.05. The molecule has 4 nitrogen and oxygen atoms in total. The first kappa shape index (κ1) is 14.8. The Hall–Kier alpha value is -3.54. The fourth-order valence-corrected chi connectivity index (χ4v) is 3.22. The van der Waals surface area contributed by atoms with Crippen LogP contribution in [0.5, 0.6) is 0 Å². The van der Waals surface area contributed by atoms with Crippen molar-refractivity contribution >= 4 is 21.8 Å². The lowest BCUT2D eigenvalue weighted by Gasteiger charge is -2.02. The molecular formula is C20H12F2N4. The number of nitrogens with zero attached hydrogens (tertiary/aromatic N) is 2. The van der Waals surface area contributed by atoms with E-state index in [1.807, 2.05) is 0 Å². The van der Waals surface area contributed by atoms with Gasteiger partial charge in [0, 0.05) is 45.3 Å². The van der Waals surface area contributed by atoms with Crippen LogP contribution in [0.25, 0.3) is 44.3 Å². The fraction of sp³-hybridized carbons (Fsp3) is 0. The van der Waals surface area contributed by atoms with Crippen LogP contribution in [0, 0.1) is 11.6 Å². The summed E-state index contributed by atoms with van der Waals surface area (Å²) in [4.78, 5) is 15.2. The minimum absolute atomic E-state index is 0.302. The van der Waals surface area contributed by atoms with E-state index in [9.17, 15) is 8.78 Å². The van der Waals surface area contributed by atoms with Crippen molar-refractivity contribution in [2.45, 2.75) is 0 Å². The Kier molecular flexibility index (Phi) is 3.12. The van der Waals surface area contributed by atoms with E-state index >= 15 is 0 Å². The van der Waals surface area contributed by atoms with Crippen molar-refractivity contribution in [3.63, 3.8) is 0 Å². The van der Waals surface area contributed by atoms with Gasteiger partial charge in [0.05, 0.1) is 23.8 Å². The molecule has 2 N–H and O–H groups in total. The summed E-state index contributed by atoms with van der Waals surface area (Å²) in [6.07, 6.45) is 6.85. The molecule has 0 atom stereocenters. The third-order valence-electron chi connectivity index (χ3n) is 4.49. The molecule has 0 saturated carbocycles. The highest BCUT2D eigenvalue weighted by Crippen LogP contribution is 2.30. The highest BCUT2D eigenvalue weighted by Gasteiger charge is 2.12. The number of hydrogen-bond acceptors (Lipinski definition) is 2. The smallest absolute Gasteiger partial charge is 0.123 e. The van der Waals surface area contributed by atoms with E-state index in [1.165, 1.54) is 24.3 Å². The first-order chi connectivity index (χ1) is 12.7. The molecule has 0 amide bonds. The van der Waals surface area contributed by atoms with E-state index in [4.69, 9.17) is 0 Å². The molecule has 0 fully saturated rings. The molecule has 3 aromatic heterocycles. The molecule has 126 valence electrons. The molecule has 3 heterocycles. The van der Waals surface area contributed by atoms with Crippen LogP contribution in [0.3, 0.4) is 0 Å². The van der Waals surface area contributed by atoms with E-state index in [1.54, 1.807) is 36.9 Å². The van der Waals surface area contributed by atoms with Crippen LogP contribution in [0.15, 0.2) is 61.2 Å². The second kappa shape index (κ2) is 5.49. The Labute approximate surface area is 146 Å². The van der Waals surface area contributed by atoms with Gasteiger partial charge in [0.2, 0.25) is 0 Å². The Morgan fingerprint density at radius 3 is 1.54 bits per heavy atom. The van der Waals surface area contributed by atoms with Crippen LogP contribution in [0.1, 0.15) is 0 Å². The molecule has 26 heavy (non-hydrogen) atoms. The normalized spacial score (nSPS) is 11.5. The van der Waals surface area contributed by atoms with Crippen LogP contribution in [0.2, 0.25) is 0 Å². The van der Waals surface area contributed by atoms with E-state index in [-0.39, 0.29) is 11.6 Å². The summed E-state index contributed by atoms with van der Waals surface area (Å²) in [6.45, 7) is 0. The van der Waals surface area contributed by atoms with E-state index in [0.29, 0.717) is 11.4 Å². The zero-order valence-corrected chi connectivity index (χ0v) is 13.4. The van der Waals surface area contributed by atoms with Crippen LogP contribution in [-0.2, 0) is 0 Å². The lowest BCUT2D eigenvalue weighted by atomic mass is 10.1. The van der Waals surface area contributed by atoms with Gasteiger partial charge in [-0.15, -0.1) is 0 Å². The summed E-state index contributed by atoms with van der Waals surface area (Å²) < 4.78 is 27.1. The van der Waals surface area contributed by atoms with Gasteiger partial charge in [-0.25, -0.2) is 8.78 Å². The molecule has 0 aliphatic heterocycles. The Morgan fingerprint density at radius 1 is 0.654 bits per heavy atom. The molecule has 0 aliphatic carbocycles. The number of nitrogens with one attached hydrogen (secondary N) is 2. The fourth-order valence-electron chi connectivity index (χ4n) is 3.22. The molecular weight excluding hydrogens is 334 g/mol. The number of halogens is 2. The predicted molar refractivity (Wildman–Crippen MR) is 96.5 cm³/mol. The molecule has 5 aromatic rings. The van der Waals surface area contributed by atoms with E-state index in [0.717, 1.165) is 32.9 Å². The third-order valence-corrected chi connectivity index (χ3v) is 4.49. The molecule has 0 radical (unpaired) electrons. The van der Waals surface area contributed by atoms with Crippen LogP contribution in [0.4, 0.5) is 8.78 Å². The van der Waals surface area contributed by atoms with Gasteiger partial charge in [-0.3, -0.25) is 9.97 Å². The molecule has 0 saturated heterocycles. The summed E-state index contributed by atoms with van der Waals surface area (Å²) >= 11 is 0. The number of hydrogen-bond donors (Lipinski definition) is 2. The highest BCUT2D eigenvalue weighted by atomic mass is 19.1. The SMILES string of the molecule is Fc1ccc2[nH]cc(-c3cnc(-c4c[nH]c5ccc(F)cc45)cn3)c2c1. The average Bonchev–Trinajstić information content (AvgIpc) is 3.25. The standard InChI is InChI=1S/C20H12F2N4/c21-11-1-3-17-13(5-11)15(7-23-17)19-9-26-20(10-25-19)16-8-24-18-4-2-12(22)6-14(16)18/h1-10,23-24H. The minimum atomic E-state index is -0.302. The van der Waals surface area contributed by atoms with E-state index < -0.39 is 0 Å². The van der Waals surface area contributed by atoms with Crippen molar-refractivity contribution in [1.82, 2.24) is 19.9 Å². The lowest BCUT2D eigenvalue weighted by molar-refractivity contribution is 0.629. The van der Waals surface area contributed by atoms with Crippen molar-refractivity contribution in [2.24, 2.45) is 0 Å². The Morgan fingerprint density at radius 2 is 1.12 bits per heavy atom. The second-order valence-corrected chi connectivity index (χ2v) is 6.07.